The summed E-state index contributed by atoms with van der Waals surface area (Å²) >= 11 is 0. The minimum Gasteiger partial charge on any atom is -0.482 e. The first-order chi connectivity index (χ1) is 9.67. The van der Waals surface area contributed by atoms with Gasteiger partial charge in [0, 0.05) is 5.69 Å². The van der Waals surface area contributed by atoms with Crippen molar-refractivity contribution in [2.24, 2.45) is 0 Å². The number of nitrogens with one attached hydrogen (secondary N) is 1. The molecule has 106 valence electrons. The van der Waals surface area contributed by atoms with Crippen LogP contribution in [-0.4, -0.2) is 19.7 Å². The van der Waals surface area contributed by atoms with Gasteiger partial charge in [0.25, 0.3) is 0 Å². The average Bonchev–Trinajstić information content (AvgIpc) is 2.89. The Morgan fingerprint density at radius 1 is 1.20 bits per heavy atom. The number of rotatable bonds is 6. The number of furan rings is 1. The van der Waals surface area contributed by atoms with Crippen molar-refractivity contribution in [3.63, 3.8) is 0 Å². The Morgan fingerprint density at radius 3 is 2.55 bits per heavy atom. The molecule has 0 saturated carbocycles. The standard InChI is InChI=1S/C15H17NO4/c1-11-3-6-14(20-11)9-16-12-4-7-13(8-5-12)19-10-15(17)18-2/h3-8,16H,9-10H2,1-2H3. The van der Waals surface area contributed by atoms with Crippen molar-refractivity contribution >= 4 is 11.7 Å². The normalized spacial score (nSPS) is 10.1. The van der Waals surface area contributed by atoms with E-state index in [0.29, 0.717) is 12.3 Å². The van der Waals surface area contributed by atoms with E-state index in [2.05, 4.69) is 10.1 Å². The average molecular weight is 275 g/mol. The van der Waals surface area contributed by atoms with Crippen LogP contribution in [0.25, 0.3) is 0 Å². The molecule has 0 saturated heterocycles. The van der Waals surface area contributed by atoms with Crippen molar-refractivity contribution in [1.82, 2.24) is 0 Å². The highest BCUT2D eigenvalue weighted by Crippen LogP contribution is 2.17. The van der Waals surface area contributed by atoms with E-state index in [1.54, 1.807) is 12.1 Å². The van der Waals surface area contributed by atoms with Gasteiger partial charge in [-0.15, -0.1) is 0 Å². The highest BCUT2D eigenvalue weighted by molar-refractivity contribution is 5.70. The molecule has 0 bridgehead atoms. The molecular formula is C15H17NO4. The van der Waals surface area contributed by atoms with Crippen molar-refractivity contribution in [3.8, 4) is 5.75 Å². The van der Waals surface area contributed by atoms with Gasteiger partial charge in [-0.25, -0.2) is 4.79 Å². The van der Waals surface area contributed by atoms with Gasteiger partial charge in [-0.05, 0) is 43.3 Å². The third-order valence-electron chi connectivity index (χ3n) is 2.70. The van der Waals surface area contributed by atoms with E-state index in [1.807, 2.05) is 31.2 Å². The van der Waals surface area contributed by atoms with Crippen LogP contribution in [0.15, 0.2) is 40.8 Å². The molecule has 5 heteroatoms. The van der Waals surface area contributed by atoms with Gasteiger partial charge in [-0.3, -0.25) is 0 Å². The lowest BCUT2D eigenvalue weighted by atomic mass is 10.3. The largest absolute Gasteiger partial charge is 0.482 e. The van der Waals surface area contributed by atoms with E-state index in [1.165, 1.54) is 7.11 Å². The number of aryl methyl sites for hydroxylation is 1. The fraction of sp³-hybridized carbons (Fsp3) is 0.267. The Morgan fingerprint density at radius 2 is 1.95 bits per heavy atom. The van der Waals surface area contributed by atoms with Gasteiger partial charge in [0.1, 0.15) is 17.3 Å². The molecule has 1 aromatic heterocycles. The summed E-state index contributed by atoms with van der Waals surface area (Å²) < 4.78 is 15.2. The Balaban J connectivity index is 1.83. The van der Waals surface area contributed by atoms with Gasteiger partial charge in [0.15, 0.2) is 6.61 Å². The zero-order valence-electron chi connectivity index (χ0n) is 11.5. The Labute approximate surface area is 117 Å². The van der Waals surface area contributed by atoms with Crippen LogP contribution >= 0.6 is 0 Å². The zero-order chi connectivity index (χ0) is 14.4. The molecule has 5 nitrogen and oxygen atoms in total. The number of methoxy groups -OCH3 is 1. The second-order valence-corrected chi connectivity index (χ2v) is 4.26. The van der Waals surface area contributed by atoms with E-state index in [0.717, 1.165) is 17.2 Å². The molecule has 2 rings (SSSR count). The lowest BCUT2D eigenvalue weighted by Crippen LogP contribution is -2.12. The monoisotopic (exact) mass is 275 g/mol. The molecule has 0 fully saturated rings. The van der Waals surface area contributed by atoms with Crippen LogP contribution in [0.3, 0.4) is 0 Å². The van der Waals surface area contributed by atoms with Crippen LogP contribution in [0.1, 0.15) is 11.5 Å². The maximum Gasteiger partial charge on any atom is 0.343 e. The van der Waals surface area contributed by atoms with E-state index < -0.39 is 5.97 Å². The van der Waals surface area contributed by atoms with Gasteiger partial charge in [0.05, 0.1) is 13.7 Å². The first-order valence-electron chi connectivity index (χ1n) is 6.26. The highest BCUT2D eigenvalue weighted by atomic mass is 16.6. The first kappa shape index (κ1) is 14.0. The molecule has 0 amide bonds. The summed E-state index contributed by atoms with van der Waals surface area (Å²) in [6.45, 7) is 2.45. The van der Waals surface area contributed by atoms with Crippen LogP contribution in [0.4, 0.5) is 5.69 Å². The van der Waals surface area contributed by atoms with Crippen molar-refractivity contribution < 1.29 is 18.7 Å². The van der Waals surface area contributed by atoms with Gasteiger partial charge >= 0.3 is 5.97 Å². The number of hydrogen-bond acceptors (Lipinski definition) is 5. The van der Waals surface area contributed by atoms with Crippen molar-refractivity contribution in [2.45, 2.75) is 13.5 Å². The maximum atomic E-state index is 10.9. The maximum absolute atomic E-state index is 10.9. The predicted octanol–water partition coefficient (Wildman–Crippen LogP) is 2.75. The molecule has 0 aliphatic carbocycles. The molecule has 1 heterocycles. The van der Waals surface area contributed by atoms with Crippen LogP contribution in [0, 0.1) is 6.92 Å². The number of carbonyl (C=O) groups excluding carboxylic acids is 1. The molecule has 0 spiro atoms. The minimum atomic E-state index is -0.402. The third kappa shape index (κ3) is 4.05. The van der Waals surface area contributed by atoms with Crippen LogP contribution in [0.2, 0.25) is 0 Å². The molecule has 0 atom stereocenters. The summed E-state index contributed by atoms with van der Waals surface area (Å²) in [5, 5.41) is 3.24. The second kappa shape index (κ2) is 6.65. The van der Waals surface area contributed by atoms with Crippen LogP contribution in [-0.2, 0) is 16.1 Å². The van der Waals surface area contributed by atoms with Gasteiger partial charge in [-0.1, -0.05) is 0 Å². The van der Waals surface area contributed by atoms with Crippen LogP contribution in [0.5, 0.6) is 5.75 Å². The number of esters is 1. The van der Waals surface area contributed by atoms with E-state index in [4.69, 9.17) is 9.15 Å². The molecule has 1 aromatic carbocycles. The third-order valence-corrected chi connectivity index (χ3v) is 2.70. The topological polar surface area (TPSA) is 60.7 Å². The number of anilines is 1. The Hall–Kier alpha value is -2.43. The first-order valence-corrected chi connectivity index (χ1v) is 6.26. The van der Waals surface area contributed by atoms with Crippen LogP contribution < -0.4 is 10.1 Å². The number of ether oxygens (including phenoxy) is 2. The van der Waals surface area contributed by atoms with E-state index >= 15 is 0 Å². The zero-order valence-corrected chi connectivity index (χ0v) is 11.5. The minimum absolute atomic E-state index is 0.0883. The SMILES string of the molecule is COC(=O)COc1ccc(NCc2ccc(C)o2)cc1. The lowest BCUT2D eigenvalue weighted by molar-refractivity contribution is -0.142. The summed E-state index contributed by atoms with van der Waals surface area (Å²) in [7, 11) is 1.33. The molecule has 1 N–H and O–H groups in total. The lowest BCUT2D eigenvalue weighted by Gasteiger charge is -2.07. The Kier molecular flexibility index (Phi) is 4.65. The van der Waals surface area contributed by atoms with E-state index in [9.17, 15) is 4.79 Å². The summed E-state index contributed by atoms with van der Waals surface area (Å²) in [6, 6.07) is 11.2. The highest BCUT2D eigenvalue weighted by Gasteiger charge is 2.02. The molecule has 20 heavy (non-hydrogen) atoms. The fourth-order valence-electron chi connectivity index (χ4n) is 1.64. The van der Waals surface area contributed by atoms with Gasteiger partial charge < -0.3 is 19.2 Å². The van der Waals surface area contributed by atoms with Crippen molar-refractivity contribution in [3.05, 3.63) is 47.9 Å². The molecule has 0 aliphatic rings. The Bertz CT molecular complexity index is 560. The van der Waals surface area contributed by atoms with Crippen molar-refractivity contribution in [2.75, 3.05) is 19.0 Å². The summed E-state index contributed by atoms with van der Waals surface area (Å²) in [4.78, 5) is 10.9. The molecule has 0 aliphatic heterocycles. The summed E-state index contributed by atoms with van der Waals surface area (Å²) in [5.74, 6) is 2.00. The summed E-state index contributed by atoms with van der Waals surface area (Å²) in [6.07, 6.45) is 0. The van der Waals surface area contributed by atoms with Gasteiger partial charge in [0.2, 0.25) is 0 Å². The van der Waals surface area contributed by atoms with E-state index in [-0.39, 0.29) is 6.61 Å². The second-order valence-electron chi connectivity index (χ2n) is 4.26. The smallest absolute Gasteiger partial charge is 0.343 e. The molecule has 2 aromatic rings. The number of hydrogen-bond donors (Lipinski definition) is 1. The van der Waals surface area contributed by atoms with Gasteiger partial charge in [-0.2, -0.15) is 0 Å². The predicted molar refractivity (Wildman–Crippen MR) is 74.7 cm³/mol. The molecule has 0 unspecified atom stereocenters. The molecular weight excluding hydrogens is 258 g/mol. The summed E-state index contributed by atoms with van der Waals surface area (Å²) in [5.41, 5.74) is 0.949. The quantitative estimate of drug-likeness (QED) is 0.821. The molecule has 0 radical (unpaired) electrons. The number of carbonyl (C=O) groups is 1. The fourth-order valence-corrected chi connectivity index (χ4v) is 1.64. The van der Waals surface area contributed by atoms with Crippen molar-refractivity contribution in [1.29, 1.82) is 0 Å². The number of benzene rings is 1.